The van der Waals surface area contributed by atoms with Gasteiger partial charge in [0.15, 0.2) is 5.11 Å². The van der Waals surface area contributed by atoms with Crippen LogP contribution in [0.4, 0.5) is 5.69 Å². The molecule has 0 fully saturated rings. The second kappa shape index (κ2) is 8.08. The van der Waals surface area contributed by atoms with Crippen molar-refractivity contribution in [1.29, 1.82) is 0 Å². The van der Waals surface area contributed by atoms with Gasteiger partial charge in [-0.1, -0.05) is 47.5 Å². The van der Waals surface area contributed by atoms with Gasteiger partial charge >= 0.3 is 0 Å². The molecule has 2 N–H and O–H groups in total. The summed E-state index contributed by atoms with van der Waals surface area (Å²) in [5.74, 6) is -0.310. The molecule has 24 heavy (non-hydrogen) atoms. The van der Waals surface area contributed by atoms with Crippen molar-refractivity contribution in [1.82, 2.24) is 5.32 Å². The molecule has 0 saturated carbocycles. The van der Waals surface area contributed by atoms with E-state index in [0.717, 1.165) is 22.4 Å². The Morgan fingerprint density at radius 2 is 1.75 bits per heavy atom. The van der Waals surface area contributed by atoms with Crippen LogP contribution in [0.1, 0.15) is 22.3 Å². The van der Waals surface area contributed by atoms with Gasteiger partial charge in [-0.05, 0) is 61.8 Å². The van der Waals surface area contributed by atoms with Crippen LogP contribution in [0.2, 0.25) is 5.02 Å². The summed E-state index contributed by atoms with van der Waals surface area (Å²) in [6.45, 7) is 6.05. The highest BCUT2D eigenvalue weighted by atomic mass is 35.5. The summed E-state index contributed by atoms with van der Waals surface area (Å²) in [5.41, 5.74) is 5.04. The summed E-state index contributed by atoms with van der Waals surface area (Å²) in [7, 11) is 0. The number of hydrogen-bond acceptors (Lipinski definition) is 2. The van der Waals surface area contributed by atoms with E-state index in [0.29, 0.717) is 5.02 Å². The minimum atomic E-state index is -0.310. The lowest BCUT2D eigenvalue weighted by molar-refractivity contribution is -0.115. The second-order valence-electron chi connectivity index (χ2n) is 5.57. The first-order chi connectivity index (χ1) is 11.4. The minimum absolute atomic E-state index is 0.263. The smallest absolute Gasteiger partial charge is 0.250 e. The highest BCUT2D eigenvalue weighted by molar-refractivity contribution is 7.80. The van der Waals surface area contributed by atoms with Crippen molar-refractivity contribution in [3.63, 3.8) is 0 Å². The number of nitrogens with one attached hydrogen (secondary N) is 2. The van der Waals surface area contributed by atoms with Crippen molar-refractivity contribution in [3.05, 3.63) is 69.8 Å². The zero-order valence-electron chi connectivity index (χ0n) is 13.8. The normalized spacial score (nSPS) is 10.7. The number of carbonyl (C=O) groups is 1. The molecule has 0 aliphatic rings. The summed E-state index contributed by atoms with van der Waals surface area (Å²) < 4.78 is 0. The van der Waals surface area contributed by atoms with Gasteiger partial charge in [0.2, 0.25) is 5.91 Å². The fourth-order valence-electron chi connectivity index (χ4n) is 2.45. The Hall–Kier alpha value is -2.17. The zero-order valence-corrected chi connectivity index (χ0v) is 15.4. The highest BCUT2D eigenvalue weighted by Crippen LogP contribution is 2.21. The third-order valence-electron chi connectivity index (χ3n) is 3.47. The molecule has 1 amide bonds. The van der Waals surface area contributed by atoms with Crippen LogP contribution in [-0.4, -0.2) is 11.0 Å². The van der Waals surface area contributed by atoms with Gasteiger partial charge in [0.05, 0.1) is 0 Å². The van der Waals surface area contributed by atoms with Crippen LogP contribution in [0.5, 0.6) is 0 Å². The largest absolute Gasteiger partial charge is 0.332 e. The molecule has 3 nitrogen and oxygen atoms in total. The van der Waals surface area contributed by atoms with E-state index in [2.05, 4.69) is 22.8 Å². The number of anilines is 1. The molecule has 2 aromatic rings. The van der Waals surface area contributed by atoms with Gasteiger partial charge in [0.25, 0.3) is 0 Å². The molecule has 124 valence electrons. The highest BCUT2D eigenvalue weighted by Gasteiger charge is 2.07. The first-order valence-electron chi connectivity index (χ1n) is 7.49. The average molecular weight is 359 g/mol. The van der Waals surface area contributed by atoms with Crippen molar-refractivity contribution in [2.24, 2.45) is 0 Å². The summed E-state index contributed by atoms with van der Waals surface area (Å²) in [6.07, 6.45) is 3.06. The zero-order chi connectivity index (χ0) is 17.7. The lowest BCUT2D eigenvalue weighted by Crippen LogP contribution is -2.33. The Balaban J connectivity index is 2.00. The Labute approximate surface area is 152 Å². The Morgan fingerprint density at radius 1 is 1.12 bits per heavy atom. The molecule has 0 spiro atoms. The summed E-state index contributed by atoms with van der Waals surface area (Å²) in [5, 5.41) is 6.58. The molecule has 5 heteroatoms. The van der Waals surface area contributed by atoms with Crippen LogP contribution >= 0.6 is 23.8 Å². The quantitative estimate of drug-likeness (QED) is 0.612. The van der Waals surface area contributed by atoms with Crippen LogP contribution in [-0.2, 0) is 4.79 Å². The fraction of sp³-hybridized carbons (Fsp3) is 0.158. The van der Waals surface area contributed by atoms with Gasteiger partial charge in [0.1, 0.15) is 0 Å². The molecule has 0 radical (unpaired) electrons. The van der Waals surface area contributed by atoms with Gasteiger partial charge in [-0.15, -0.1) is 0 Å². The van der Waals surface area contributed by atoms with Crippen molar-refractivity contribution >= 4 is 46.6 Å². The van der Waals surface area contributed by atoms with Crippen LogP contribution < -0.4 is 10.6 Å². The standard InChI is InChI=1S/C19H19ClN2OS/c1-12-10-13(2)18(14(3)11-12)22-19(24)21-17(23)9-8-15-6-4-5-7-16(15)20/h4-11H,1-3H3,(H2,21,22,23,24). The second-order valence-corrected chi connectivity index (χ2v) is 6.39. The van der Waals surface area contributed by atoms with Crippen molar-refractivity contribution in [3.8, 4) is 0 Å². The third-order valence-corrected chi connectivity index (χ3v) is 4.02. The third kappa shape index (κ3) is 4.91. The monoisotopic (exact) mass is 358 g/mol. The topological polar surface area (TPSA) is 41.1 Å². The maximum absolute atomic E-state index is 12.0. The lowest BCUT2D eigenvalue weighted by Gasteiger charge is -2.14. The molecular weight excluding hydrogens is 340 g/mol. The number of halogens is 1. The van der Waals surface area contributed by atoms with E-state index in [1.165, 1.54) is 11.6 Å². The molecule has 0 bridgehead atoms. The van der Waals surface area contributed by atoms with E-state index in [4.69, 9.17) is 23.8 Å². The van der Waals surface area contributed by atoms with E-state index in [1.807, 2.05) is 39.0 Å². The molecule has 0 atom stereocenters. The molecule has 0 saturated heterocycles. The van der Waals surface area contributed by atoms with Gasteiger partial charge in [-0.25, -0.2) is 0 Å². The SMILES string of the molecule is Cc1cc(C)c(NC(=S)NC(=O)C=Cc2ccccc2Cl)c(C)c1. The fourth-order valence-corrected chi connectivity index (χ4v) is 2.85. The summed E-state index contributed by atoms with van der Waals surface area (Å²) >= 11 is 11.3. The number of rotatable bonds is 3. The maximum atomic E-state index is 12.0. The first kappa shape index (κ1) is 18.2. The number of hydrogen-bond donors (Lipinski definition) is 2. The van der Waals surface area contributed by atoms with Crippen molar-refractivity contribution < 1.29 is 4.79 Å². The van der Waals surface area contributed by atoms with Crippen LogP contribution in [0, 0.1) is 20.8 Å². The van der Waals surface area contributed by atoms with E-state index < -0.39 is 0 Å². The van der Waals surface area contributed by atoms with Crippen molar-refractivity contribution in [2.75, 3.05) is 5.32 Å². The molecular formula is C19H19ClN2OS. The van der Waals surface area contributed by atoms with Gasteiger partial charge < -0.3 is 5.32 Å². The van der Waals surface area contributed by atoms with E-state index in [9.17, 15) is 4.79 Å². The molecule has 2 aromatic carbocycles. The van der Waals surface area contributed by atoms with Crippen molar-refractivity contribution in [2.45, 2.75) is 20.8 Å². The predicted octanol–water partition coefficient (Wildman–Crippen LogP) is 4.79. The number of aryl methyl sites for hydroxylation is 3. The van der Waals surface area contributed by atoms with Crippen LogP contribution in [0.25, 0.3) is 6.08 Å². The molecule has 2 rings (SSSR count). The molecule has 0 aromatic heterocycles. The van der Waals surface area contributed by atoms with Crippen LogP contribution in [0.15, 0.2) is 42.5 Å². The number of carbonyl (C=O) groups excluding carboxylic acids is 1. The van der Waals surface area contributed by atoms with Gasteiger partial charge in [-0.2, -0.15) is 0 Å². The Bertz CT molecular complexity index is 792. The average Bonchev–Trinajstić information content (AvgIpc) is 2.50. The molecule has 0 aliphatic heterocycles. The first-order valence-corrected chi connectivity index (χ1v) is 8.28. The summed E-state index contributed by atoms with van der Waals surface area (Å²) in [4.78, 5) is 12.0. The lowest BCUT2D eigenvalue weighted by atomic mass is 10.1. The Kier molecular flexibility index (Phi) is 6.12. The van der Waals surface area contributed by atoms with E-state index in [1.54, 1.807) is 12.1 Å². The summed E-state index contributed by atoms with van der Waals surface area (Å²) in [6, 6.07) is 11.4. The number of amides is 1. The van der Waals surface area contributed by atoms with Gasteiger partial charge in [-0.3, -0.25) is 10.1 Å². The van der Waals surface area contributed by atoms with Gasteiger partial charge in [0, 0.05) is 16.8 Å². The molecule has 0 unspecified atom stereocenters. The molecule has 0 heterocycles. The number of thiocarbonyl (C=S) groups is 1. The minimum Gasteiger partial charge on any atom is -0.332 e. The Morgan fingerprint density at radius 3 is 2.38 bits per heavy atom. The molecule has 0 aliphatic carbocycles. The number of benzene rings is 2. The van der Waals surface area contributed by atoms with Crippen LogP contribution in [0.3, 0.4) is 0 Å². The van der Waals surface area contributed by atoms with E-state index in [-0.39, 0.29) is 11.0 Å². The predicted molar refractivity (Wildman–Crippen MR) is 106 cm³/mol. The maximum Gasteiger partial charge on any atom is 0.250 e. The van der Waals surface area contributed by atoms with E-state index >= 15 is 0 Å².